The fourth-order valence-corrected chi connectivity index (χ4v) is 6.78. The Labute approximate surface area is 281 Å². The number of nitrogens with zero attached hydrogens (tertiary/aromatic N) is 1. The Morgan fingerprint density at radius 2 is 1.29 bits per heavy atom. The summed E-state index contributed by atoms with van der Waals surface area (Å²) in [6.07, 6.45) is 4.23. The molecular weight excluding hydrogens is 587 g/mol. The molecule has 48 heavy (non-hydrogen) atoms. The lowest BCUT2D eigenvalue weighted by atomic mass is 9.79. The second-order valence-electron chi connectivity index (χ2n) is 13.6. The first kappa shape index (κ1) is 30.1. The number of nitrogens with one attached hydrogen (secondary N) is 1. The average molecular weight is 625 g/mol. The predicted octanol–water partition coefficient (Wildman–Crippen LogP) is 9.96. The summed E-state index contributed by atoms with van der Waals surface area (Å²) in [6, 6.07) is 46.3. The summed E-state index contributed by atoms with van der Waals surface area (Å²) in [4.78, 5) is 0. The Morgan fingerprint density at radius 3 is 2.08 bits per heavy atom. The third-order valence-corrected chi connectivity index (χ3v) is 10.2. The molecule has 0 amide bonds. The molecule has 1 aliphatic heterocycles. The van der Waals surface area contributed by atoms with Crippen LogP contribution < -0.4 is 5.46 Å². The van der Waals surface area contributed by atoms with Crippen LogP contribution in [0.15, 0.2) is 133 Å². The van der Waals surface area contributed by atoms with E-state index in [0.717, 1.165) is 38.8 Å². The van der Waals surface area contributed by atoms with Crippen molar-refractivity contribution in [2.24, 2.45) is 0 Å². The van der Waals surface area contributed by atoms with Gasteiger partial charge in [-0.1, -0.05) is 121 Å². The highest BCUT2D eigenvalue weighted by atomic mass is 16.7. The van der Waals surface area contributed by atoms with Gasteiger partial charge < -0.3 is 13.9 Å². The van der Waals surface area contributed by atoms with Gasteiger partial charge in [-0.3, -0.25) is 5.41 Å². The molecule has 0 saturated carbocycles. The first-order valence-corrected chi connectivity index (χ1v) is 16.5. The predicted molar refractivity (Wildman–Crippen MR) is 202 cm³/mol. The van der Waals surface area contributed by atoms with E-state index in [0.29, 0.717) is 5.71 Å². The van der Waals surface area contributed by atoms with Crippen LogP contribution in [0.2, 0.25) is 0 Å². The fourth-order valence-electron chi connectivity index (χ4n) is 6.78. The van der Waals surface area contributed by atoms with E-state index in [1.807, 2.05) is 18.2 Å². The number of hydrogen-bond acceptors (Lipinski definition) is 3. The van der Waals surface area contributed by atoms with E-state index < -0.39 is 18.3 Å². The molecule has 1 N–H and O–H groups in total. The standard InChI is InChI=1S/C43H37BN2O2/c1-42(2)43(3,4)48-44(47-42)33-24-25-38-37-17-9-10-19-39(37)46(40(38)28-33)27-26-30-13-6-8-16-36(30)41(45)32-22-20-31(21-23-32)35-18-11-14-29-12-5-7-15-34(29)35/h5-28,45H,1-4H3/b27-26+,45-41?. The molecule has 0 radical (unpaired) electrons. The third-order valence-electron chi connectivity index (χ3n) is 10.2. The van der Waals surface area contributed by atoms with Crippen LogP contribution >= 0.6 is 0 Å². The molecule has 0 atom stereocenters. The van der Waals surface area contributed by atoms with Crippen molar-refractivity contribution < 1.29 is 9.31 Å². The van der Waals surface area contributed by atoms with E-state index in [1.54, 1.807) is 0 Å². The molecule has 6 aromatic carbocycles. The Morgan fingerprint density at radius 1 is 0.646 bits per heavy atom. The summed E-state index contributed by atoms with van der Waals surface area (Å²) in [7, 11) is -0.442. The quantitative estimate of drug-likeness (QED) is 0.148. The number of para-hydroxylation sites is 1. The van der Waals surface area contributed by atoms with Crippen molar-refractivity contribution in [1.82, 2.24) is 4.57 Å². The maximum Gasteiger partial charge on any atom is 0.494 e. The van der Waals surface area contributed by atoms with Gasteiger partial charge in [0.15, 0.2) is 0 Å². The van der Waals surface area contributed by atoms with Crippen molar-refractivity contribution in [1.29, 1.82) is 5.41 Å². The van der Waals surface area contributed by atoms with Crippen LogP contribution in [0.5, 0.6) is 0 Å². The first-order chi connectivity index (χ1) is 23.2. The molecule has 0 spiro atoms. The number of fused-ring (bicyclic) bond motifs is 4. The third kappa shape index (κ3) is 5.07. The second kappa shape index (κ2) is 11.5. The summed E-state index contributed by atoms with van der Waals surface area (Å²) in [5.41, 5.74) is 7.93. The molecule has 1 aliphatic rings. The molecule has 1 fully saturated rings. The van der Waals surface area contributed by atoms with Crippen molar-refractivity contribution in [3.8, 4) is 11.1 Å². The lowest BCUT2D eigenvalue weighted by Gasteiger charge is -2.32. The topological polar surface area (TPSA) is 47.2 Å². The van der Waals surface area contributed by atoms with Gasteiger partial charge >= 0.3 is 7.12 Å². The van der Waals surface area contributed by atoms with Gasteiger partial charge in [-0.25, -0.2) is 0 Å². The zero-order chi connectivity index (χ0) is 33.0. The smallest absolute Gasteiger partial charge is 0.399 e. The van der Waals surface area contributed by atoms with Gasteiger partial charge in [-0.05, 0) is 78.8 Å². The van der Waals surface area contributed by atoms with Crippen LogP contribution in [-0.4, -0.2) is 28.6 Å². The number of aromatic nitrogens is 1. The number of benzene rings is 6. The van der Waals surface area contributed by atoms with Crippen molar-refractivity contribution in [2.75, 3.05) is 0 Å². The summed E-state index contributed by atoms with van der Waals surface area (Å²) >= 11 is 0. The van der Waals surface area contributed by atoms with E-state index in [2.05, 4.69) is 160 Å². The zero-order valence-corrected chi connectivity index (χ0v) is 27.7. The number of hydrogen-bond donors (Lipinski definition) is 1. The van der Waals surface area contributed by atoms with Crippen LogP contribution in [0.25, 0.3) is 56.0 Å². The highest BCUT2D eigenvalue weighted by Gasteiger charge is 2.51. The molecule has 0 bridgehead atoms. The summed E-state index contributed by atoms with van der Waals surface area (Å²) < 4.78 is 15.0. The summed E-state index contributed by atoms with van der Waals surface area (Å²) in [6.45, 7) is 8.33. The lowest BCUT2D eigenvalue weighted by Crippen LogP contribution is -2.41. The lowest BCUT2D eigenvalue weighted by molar-refractivity contribution is 0.00578. The summed E-state index contributed by atoms with van der Waals surface area (Å²) in [5, 5.41) is 14.1. The Balaban J connectivity index is 1.14. The molecule has 7 aromatic rings. The monoisotopic (exact) mass is 624 g/mol. The first-order valence-electron chi connectivity index (χ1n) is 16.5. The van der Waals surface area contributed by atoms with Crippen LogP contribution in [0, 0.1) is 5.41 Å². The van der Waals surface area contributed by atoms with E-state index >= 15 is 0 Å². The van der Waals surface area contributed by atoms with Gasteiger partial charge in [0.2, 0.25) is 0 Å². The van der Waals surface area contributed by atoms with Crippen molar-refractivity contribution in [3.05, 3.63) is 150 Å². The zero-order valence-electron chi connectivity index (χ0n) is 27.7. The van der Waals surface area contributed by atoms with Crippen LogP contribution in [-0.2, 0) is 9.31 Å². The minimum atomic E-state index is -0.442. The highest BCUT2D eigenvalue weighted by Crippen LogP contribution is 2.37. The van der Waals surface area contributed by atoms with Crippen molar-refractivity contribution in [2.45, 2.75) is 38.9 Å². The van der Waals surface area contributed by atoms with Gasteiger partial charge in [0.1, 0.15) is 0 Å². The van der Waals surface area contributed by atoms with E-state index in [4.69, 9.17) is 9.31 Å². The fraction of sp³-hybridized carbons (Fsp3) is 0.140. The molecule has 0 unspecified atom stereocenters. The molecule has 8 rings (SSSR count). The van der Waals surface area contributed by atoms with Gasteiger partial charge in [0.25, 0.3) is 0 Å². The van der Waals surface area contributed by atoms with Crippen LogP contribution in [0.1, 0.15) is 44.4 Å². The Hall–Kier alpha value is -5.23. The molecule has 4 nitrogen and oxygen atoms in total. The minimum Gasteiger partial charge on any atom is -0.399 e. The van der Waals surface area contributed by atoms with Crippen molar-refractivity contribution in [3.63, 3.8) is 0 Å². The largest absolute Gasteiger partial charge is 0.494 e. The Bertz CT molecular complexity index is 2360. The molecule has 234 valence electrons. The van der Waals surface area contributed by atoms with Crippen LogP contribution in [0.4, 0.5) is 0 Å². The molecule has 0 aliphatic carbocycles. The summed E-state index contributed by atoms with van der Waals surface area (Å²) in [5.74, 6) is 0. The second-order valence-corrected chi connectivity index (χ2v) is 13.6. The van der Waals surface area contributed by atoms with E-state index in [-0.39, 0.29) is 0 Å². The van der Waals surface area contributed by atoms with Gasteiger partial charge in [0, 0.05) is 28.1 Å². The highest BCUT2D eigenvalue weighted by molar-refractivity contribution is 6.62. The minimum absolute atomic E-state index is 0.413. The molecular formula is C43H37BN2O2. The maximum absolute atomic E-state index is 9.25. The molecule has 1 aromatic heterocycles. The number of rotatable bonds is 6. The average Bonchev–Trinajstić information content (AvgIpc) is 3.54. The normalized spacial score (nSPS) is 15.6. The SMILES string of the molecule is CC1(C)OB(c2ccc3c4ccccc4n(/C=C/c4ccccc4C(=N)c4ccc(-c5cccc6ccccc56)cc4)c3c2)OC1(C)C. The van der Waals surface area contributed by atoms with Crippen LogP contribution in [0.3, 0.4) is 0 Å². The van der Waals surface area contributed by atoms with Gasteiger partial charge in [-0.15, -0.1) is 0 Å². The molecule has 1 saturated heterocycles. The Kier molecular flexibility index (Phi) is 7.21. The van der Waals surface area contributed by atoms with Gasteiger partial charge in [-0.2, -0.15) is 0 Å². The van der Waals surface area contributed by atoms with Crippen molar-refractivity contribution >= 4 is 63.1 Å². The van der Waals surface area contributed by atoms with E-state index in [1.165, 1.54) is 27.1 Å². The molecule has 5 heteroatoms. The maximum atomic E-state index is 9.25. The molecule has 2 heterocycles. The van der Waals surface area contributed by atoms with E-state index in [9.17, 15) is 5.41 Å². The van der Waals surface area contributed by atoms with Gasteiger partial charge in [0.05, 0.1) is 27.9 Å².